The van der Waals surface area contributed by atoms with Gasteiger partial charge in [-0.1, -0.05) is 11.6 Å². The molecule has 2 N–H and O–H groups in total. The molecule has 1 aliphatic rings. The van der Waals surface area contributed by atoms with E-state index in [2.05, 4.69) is 16.7 Å². The number of carbonyl (C=O) groups is 1. The molecule has 0 saturated heterocycles. The largest absolute Gasteiger partial charge is 0.494 e. The lowest BCUT2D eigenvalue weighted by molar-refractivity contribution is -0.121. The molecule has 0 bridgehead atoms. The van der Waals surface area contributed by atoms with Crippen LogP contribution in [0, 0.1) is 5.82 Å². The van der Waals surface area contributed by atoms with Crippen molar-refractivity contribution in [3.05, 3.63) is 41.7 Å². The van der Waals surface area contributed by atoms with Gasteiger partial charge in [0.2, 0.25) is 5.91 Å². The lowest BCUT2D eigenvalue weighted by Gasteiger charge is -2.14. The maximum absolute atomic E-state index is 12.7. The molecule has 1 heterocycles. The van der Waals surface area contributed by atoms with Crippen LogP contribution in [0.3, 0.4) is 0 Å². The number of hydrogen-bond donors (Lipinski definition) is 2. The molecule has 114 valence electrons. The second kappa shape index (κ2) is 8.42. The number of benzene rings is 1. The van der Waals surface area contributed by atoms with Crippen LogP contribution >= 0.6 is 0 Å². The maximum atomic E-state index is 12.7. The van der Waals surface area contributed by atoms with Crippen LogP contribution in [-0.4, -0.2) is 32.1 Å². The van der Waals surface area contributed by atoms with Crippen molar-refractivity contribution >= 4 is 5.91 Å². The molecule has 0 atom stereocenters. The zero-order chi connectivity index (χ0) is 14.9. The van der Waals surface area contributed by atoms with E-state index in [1.807, 2.05) is 0 Å². The third-order valence-corrected chi connectivity index (χ3v) is 3.30. The van der Waals surface area contributed by atoms with Gasteiger partial charge in [0.05, 0.1) is 6.61 Å². The van der Waals surface area contributed by atoms with Crippen molar-refractivity contribution in [1.29, 1.82) is 0 Å². The van der Waals surface area contributed by atoms with Gasteiger partial charge in [-0.15, -0.1) is 0 Å². The van der Waals surface area contributed by atoms with Crippen LogP contribution < -0.4 is 15.4 Å². The Morgan fingerprint density at radius 3 is 2.86 bits per heavy atom. The first-order valence-corrected chi connectivity index (χ1v) is 7.28. The standard InChI is InChI=1S/C16H21FN2O2/c17-14-3-5-15(6-4-14)21-11-1-2-16(20)19-12-13-7-9-18-10-8-13/h3-7,18H,1-2,8-12H2,(H,19,20). The predicted octanol–water partition coefficient (Wildman–Crippen LogP) is 2.02. The Hall–Kier alpha value is -1.88. The van der Waals surface area contributed by atoms with E-state index < -0.39 is 0 Å². The Bertz CT molecular complexity index is 486. The Morgan fingerprint density at radius 2 is 2.14 bits per heavy atom. The van der Waals surface area contributed by atoms with Crippen molar-refractivity contribution < 1.29 is 13.9 Å². The van der Waals surface area contributed by atoms with Crippen LogP contribution in [0.15, 0.2) is 35.9 Å². The summed E-state index contributed by atoms with van der Waals surface area (Å²) >= 11 is 0. The smallest absolute Gasteiger partial charge is 0.220 e. The third kappa shape index (κ3) is 5.95. The van der Waals surface area contributed by atoms with E-state index in [-0.39, 0.29) is 11.7 Å². The molecule has 21 heavy (non-hydrogen) atoms. The molecule has 1 aromatic carbocycles. The molecule has 5 heteroatoms. The van der Waals surface area contributed by atoms with Gasteiger partial charge in [-0.25, -0.2) is 4.39 Å². The van der Waals surface area contributed by atoms with Gasteiger partial charge in [0.15, 0.2) is 0 Å². The normalized spacial score (nSPS) is 14.4. The van der Waals surface area contributed by atoms with Gasteiger partial charge in [-0.3, -0.25) is 4.79 Å². The molecule has 0 spiro atoms. The number of hydrogen-bond acceptors (Lipinski definition) is 3. The SMILES string of the molecule is O=C(CCCOc1ccc(F)cc1)NCC1=CCNCC1. The van der Waals surface area contributed by atoms with E-state index >= 15 is 0 Å². The number of amides is 1. The zero-order valence-corrected chi connectivity index (χ0v) is 12.0. The third-order valence-electron chi connectivity index (χ3n) is 3.30. The van der Waals surface area contributed by atoms with Crippen molar-refractivity contribution in [2.24, 2.45) is 0 Å². The molecular formula is C16H21FN2O2. The summed E-state index contributed by atoms with van der Waals surface area (Å²) in [6.45, 7) is 2.95. The highest BCUT2D eigenvalue weighted by molar-refractivity contribution is 5.76. The van der Waals surface area contributed by atoms with Gasteiger partial charge in [0.25, 0.3) is 0 Å². The van der Waals surface area contributed by atoms with E-state index in [9.17, 15) is 9.18 Å². The fraction of sp³-hybridized carbons (Fsp3) is 0.438. The fourth-order valence-corrected chi connectivity index (χ4v) is 2.08. The summed E-state index contributed by atoms with van der Waals surface area (Å²) in [6, 6.07) is 5.88. The predicted molar refractivity (Wildman–Crippen MR) is 79.7 cm³/mol. The second-order valence-corrected chi connectivity index (χ2v) is 5.00. The van der Waals surface area contributed by atoms with Gasteiger partial charge in [-0.2, -0.15) is 0 Å². The van der Waals surface area contributed by atoms with E-state index in [4.69, 9.17) is 4.74 Å². The van der Waals surface area contributed by atoms with E-state index in [0.717, 1.165) is 19.5 Å². The molecule has 0 saturated carbocycles. The molecule has 4 nitrogen and oxygen atoms in total. The van der Waals surface area contributed by atoms with Gasteiger partial charge in [-0.05, 0) is 43.7 Å². The van der Waals surface area contributed by atoms with Crippen molar-refractivity contribution in [2.45, 2.75) is 19.3 Å². The molecule has 0 radical (unpaired) electrons. The summed E-state index contributed by atoms with van der Waals surface area (Å²) in [4.78, 5) is 11.7. The monoisotopic (exact) mass is 292 g/mol. The van der Waals surface area contributed by atoms with E-state index in [1.165, 1.54) is 17.7 Å². The Balaban J connectivity index is 1.56. The lowest BCUT2D eigenvalue weighted by Crippen LogP contribution is -2.29. The zero-order valence-electron chi connectivity index (χ0n) is 12.0. The van der Waals surface area contributed by atoms with Crippen LogP contribution in [0.5, 0.6) is 5.75 Å². The number of carbonyl (C=O) groups excluding carboxylic acids is 1. The van der Waals surface area contributed by atoms with Crippen LogP contribution in [0.2, 0.25) is 0 Å². The molecular weight excluding hydrogens is 271 g/mol. The van der Waals surface area contributed by atoms with Crippen molar-refractivity contribution in [3.8, 4) is 5.75 Å². The average molecular weight is 292 g/mol. The topological polar surface area (TPSA) is 50.4 Å². The first kappa shape index (κ1) is 15.5. The quantitative estimate of drug-likeness (QED) is 0.597. The molecule has 2 rings (SSSR count). The highest BCUT2D eigenvalue weighted by atomic mass is 19.1. The molecule has 0 fully saturated rings. The van der Waals surface area contributed by atoms with Crippen LogP contribution in [0.1, 0.15) is 19.3 Å². The van der Waals surface area contributed by atoms with Gasteiger partial charge in [0, 0.05) is 19.5 Å². The molecule has 1 aromatic rings. The summed E-state index contributed by atoms with van der Waals surface area (Å²) in [7, 11) is 0. The first-order valence-electron chi connectivity index (χ1n) is 7.28. The number of halogens is 1. The highest BCUT2D eigenvalue weighted by Gasteiger charge is 2.05. The first-order chi connectivity index (χ1) is 10.2. The van der Waals surface area contributed by atoms with Crippen molar-refractivity contribution in [3.63, 3.8) is 0 Å². The number of nitrogens with one attached hydrogen (secondary N) is 2. The summed E-state index contributed by atoms with van der Waals surface area (Å²) in [5.41, 5.74) is 1.28. The second-order valence-electron chi connectivity index (χ2n) is 5.00. The van der Waals surface area contributed by atoms with E-state index in [0.29, 0.717) is 31.7 Å². The van der Waals surface area contributed by atoms with Crippen LogP contribution in [-0.2, 0) is 4.79 Å². The van der Waals surface area contributed by atoms with Gasteiger partial charge >= 0.3 is 0 Å². The Labute approximate surface area is 124 Å². The maximum Gasteiger partial charge on any atom is 0.220 e. The molecule has 1 amide bonds. The summed E-state index contributed by atoms with van der Waals surface area (Å²) in [5.74, 6) is 0.378. The summed E-state index contributed by atoms with van der Waals surface area (Å²) in [6.07, 6.45) is 4.20. The van der Waals surface area contributed by atoms with Crippen LogP contribution in [0.4, 0.5) is 4.39 Å². The lowest BCUT2D eigenvalue weighted by atomic mass is 10.1. The fourth-order valence-electron chi connectivity index (χ4n) is 2.08. The highest BCUT2D eigenvalue weighted by Crippen LogP contribution is 2.11. The van der Waals surface area contributed by atoms with Crippen LogP contribution in [0.25, 0.3) is 0 Å². The number of rotatable bonds is 7. The van der Waals surface area contributed by atoms with Gasteiger partial charge < -0.3 is 15.4 Å². The van der Waals surface area contributed by atoms with Gasteiger partial charge in [0.1, 0.15) is 11.6 Å². The van der Waals surface area contributed by atoms with Crippen molar-refractivity contribution in [1.82, 2.24) is 10.6 Å². The molecule has 0 unspecified atom stereocenters. The summed E-state index contributed by atoms with van der Waals surface area (Å²) < 4.78 is 18.1. The minimum Gasteiger partial charge on any atom is -0.494 e. The molecule has 0 aliphatic carbocycles. The van der Waals surface area contributed by atoms with Crippen molar-refractivity contribution in [2.75, 3.05) is 26.2 Å². The summed E-state index contributed by atoms with van der Waals surface area (Å²) in [5, 5.41) is 6.15. The molecule has 1 aliphatic heterocycles. The average Bonchev–Trinajstić information content (AvgIpc) is 2.52. The van der Waals surface area contributed by atoms with E-state index in [1.54, 1.807) is 12.1 Å². The Kier molecular flexibility index (Phi) is 6.22. The minimum atomic E-state index is -0.283. The number of ether oxygens (including phenoxy) is 1. The molecule has 0 aromatic heterocycles. The minimum absolute atomic E-state index is 0.0390. The Morgan fingerprint density at radius 1 is 1.33 bits per heavy atom.